The number of nitrogens with zero attached hydrogens (tertiary/aromatic N) is 2. The van der Waals surface area contributed by atoms with Crippen molar-refractivity contribution in [1.82, 2.24) is 15.3 Å². The third kappa shape index (κ3) is 3.30. The van der Waals surface area contributed by atoms with E-state index in [2.05, 4.69) is 15.3 Å². The maximum absolute atomic E-state index is 12.8. The highest BCUT2D eigenvalue weighted by molar-refractivity contribution is 6.04. The third-order valence-corrected chi connectivity index (χ3v) is 4.15. The minimum Gasteiger partial charge on any atom is -0.347 e. The lowest BCUT2D eigenvalue weighted by Gasteiger charge is -2.10. The van der Waals surface area contributed by atoms with Gasteiger partial charge >= 0.3 is 0 Å². The summed E-state index contributed by atoms with van der Waals surface area (Å²) in [6.07, 6.45) is 0. The molecule has 0 saturated carbocycles. The van der Waals surface area contributed by atoms with E-state index in [1.165, 1.54) is 0 Å². The summed E-state index contributed by atoms with van der Waals surface area (Å²) in [5, 5.41) is 3.70. The van der Waals surface area contributed by atoms with E-state index < -0.39 is 0 Å². The van der Waals surface area contributed by atoms with Gasteiger partial charge in [0.05, 0.1) is 5.52 Å². The standard InChI is InChI=1S/C22H17N3O/c26-22(23-15-16-9-3-1-4-10-16)20-18-13-7-8-14-19(18)24-21(25-20)17-11-5-2-6-12-17/h1-14H,15H2,(H,23,26). The first-order valence-electron chi connectivity index (χ1n) is 8.45. The number of benzene rings is 3. The molecule has 0 bridgehead atoms. The van der Waals surface area contributed by atoms with Crippen molar-refractivity contribution < 1.29 is 4.79 Å². The molecule has 126 valence electrons. The second kappa shape index (κ2) is 7.15. The fourth-order valence-electron chi connectivity index (χ4n) is 2.83. The average molecular weight is 339 g/mol. The van der Waals surface area contributed by atoms with Crippen LogP contribution >= 0.6 is 0 Å². The van der Waals surface area contributed by atoms with Gasteiger partial charge in [-0.1, -0.05) is 78.9 Å². The molecule has 0 saturated heterocycles. The van der Waals surface area contributed by atoms with Gasteiger partial charge in [0, 0.05) is 17.5 Å². The van der Waals surface area contributed by atoms with Crippen LogP contribution in [0, 0.1) is 0 Å². The van der Waals surface area contributed by atoms with Crippen molar-refractivity contribution in [2.45, 2.75) is 6.54 Å². The molecule has 4 heteroatoms. The molecule has 3 aromatic carbocycles. The van der Waals surface area contributed by atoms with Gasteiger partial charge in [0.1, 0.15) is 5.69 Å². The van der Waals surface area contributed by atoms with Crippen molar-refractivity contribution in [2.24, 2.45) is 0 Å². The summed E-state index contributed by atoms with van der Waals surface area (Å²) in [5.41, 5.74) is 3.08. The zero-order chi connectivity index (χ0) is 17.8. The number of fused-ring (bicyclic) bond motifs is 1. The molecule has 0 aliphatic rings. The van der Waals surface area contributed by atoms with E-state index in [1.54, 1.807) is 0 Å². The van der Waals surface area contributed by atoms with Gasteiger partial charge in [-0.25, -0.2) is 9.97 Å². The Morgan fingerprint density at radius 2 is 1.42 bits per heavy atom. The average Bonchev–Trinajstić information content (AvgIpc) is 2.72. The zero-order valence-corrected chi connectivity index (χ0v) is 14.1. The van der Waals surface area contributed by atoms with Gasteiger partial charge in [-0.15, -0.1) is 0 Å². The largest absolute Gasteiger partial charge is 0.347 e. The Balaban J connectivity index is 1.72. The molecule has 1 amide bonds. The smallest absolute Gasteiger partial charge is 0.270 e. The second-order valence-electron chi connectivity index (χ2n) is 5.95. The number of aromatic nitrogens is 2. The number of hydrogen-bond acceptors (Lipinski definition) is 3. The quantitative estimate of drug-likeness (QED) is 0.605. The number of hydrogen-bond donors (Lipinski definition) is 1. The van der Waals surface area contributed by atoms with E-state index >= 15 is 0 Å². The predicted molar refractivity (Wildman–Crippen MR) is 103 cm³/mol. The van der Waals surface area contributed by atoms with Crippen LogP contribution in [-0.4, -0.2) is 15.9 Å². The molecule has 4 aromatic rings. The van der Waals surface area contributed by atoms with Crippen molar-refractivity contribution in [2.75, 3.05) is 0 Å². The molecule has 1 aromatic heterocycles. The number of para-hydroxylation sites is 1. The van der Waals surface area contributed by atoms with Gasteiger partial charge in [0.25, 0.3) is 5.91 Å². The van der Waals surface area contributed by atoms with Crippen LogP contribution in [0.2, 0.25) is 0 Å². The highest BCUT2D eigenvalue weighted by Crippen LogP contribution is 2.21. The fraction of sp³-hybridized carbons (Fsp3) is 0.0455. The van der Waals surface area contributed by atoms with Crippen molar-refractivity contribution >= 4 is 16.8 Å². The minimum absolute atomic E-state index is 0.204. The summed E-state index contributed by atoms with van der Waals surface area (Å²) in [4.78, 5) is 22.0. The van der Waals surface area contributed by atoms with Crippen molar-refractivity contribution in [3.8, 4) is 11.4 Å². The van der Waals surface area contributed by atoms with Crippen molar-refractivity contribution in [1.29, 1.82) is 0 Å². The number of amides is 1. The molecular weight excluding hydrogens is 322 g/mol. The maximum Gasteiger partial charge on any atom is 0.270 e. The van der Waals surface area contributed by atoms with E-state index in [-0.39, 0.29) is 5.91 Å². The van der Waals surface area contributed by atoms with E-state index in [9.17, 15) is 4.79 Å². The van der Waals surface area contributed by atoms with Gasteiger partial charge in [-0.05, 0) is 11.6 Å². The zero-order valence-electron chi connectivity index (χ0n) is 14.1. The summed E-state index contributed by atoms with van der Waals surface area (Å²) in [6.45, 7) is 0.457. The third-order valence-electron chi connectivity index (χ3n) is 4.15. The van der Waals surface area contributed by atoms with Gasteiger partial charge in [-0.2, -0.15) is 0 Å². The Hall–Kier alpha value is -3.53. The first kappa shape index (κ1) is 16.0. The first-order valence-corrected chi connectivity index (χ1v) is 8.45. The molecule has 0 unspecified atom stereocenters. The summed E-state index contributed by atoms with van der Waals surface area (Å²) >= 11 is 0. The van der Waals surface area contributed by atoms with Crippen LogP contribution in [0.25, 0.3) is 22.3 Å². The minimum atomic E-state index is -0.204. The predicted octanol–water partition coefficient (Wildman–Crippen LogP) is 4.23. The lowest BCUT2D eigenvalue weighted by atomic mass is 10.1. The van der Waals surface area contributed by atoms with Crippen LogP contribution in [0.5, 0.6) is 0 Å². The molecule has 26 heavy (non-hydrogen) atoms. The summed E-state index contributed by atoms with van der Waals surface area (Å²) < 4.78 is 0. The molecular formula is C22H17N3O. The lowest BCUT2D eigenvalue weighted by Crippen LogP contribution is -2.24. The molecule has 4 nitrogen and oxygen atoms in total. The van der Waals surface area contributed by atoms with Crippen LogP contribution in [0.1, 0.15) is 16.1 Å². The Morgan fingerprint density at radius 3 is 2.19 bits per heavy atom. The number of carbonyl (C=O) groups is 1. The van der Waals surface area contributed by atoms with Crippen LogP contribution in [0.4, 0.5) is 0 Å². The van der Waals surface area contributed by atoms with E-state index in [1.807, 2.05) is 84.9 Å². The molecule has 0 radical (unpaired) electrons. The molecule has 1 heterocycles. The molecule has 4 rings (SSSR count). The van der Waals surface area contributed by atoms with Crippen LogP contribution in [0.15, 0.2) is 84.9 Å². The lowest BCUT2D eigenvalue weighted by molar-refractivity contribution is 0.0947. The van der Waals surface area contributed by atoms with Gasteiger partial charge in [0.15, 0.2) is 5.82 Å². The first-order chi connectivity index (χ1) is 12.8. The fourth-order valence-corrected chi connectivity index (χ4v) is 2.83. The maximum atomic E-state index is 12.8. The van der Waals surface area contributed by atoms with Gasteiger partial charge in [0.2, 0.25) is 0 Å². The molecule has 0 aliphatic carbocycles. The Labute approximate surface area is 151 Å². The van der Waals surface area contributed by atoms with Crippen molar-refractivity contribution in [3.05, 3.63) is 96.2 Å². The molecule has 0 fully saturated rings. The number of carbonyl (C=O) groups excluding carboxylic acids is 1. The van der Waals surface area contributed by atoms with Crippen LogP contribution in [-0.2, 0) is 6.54 Å². The monoisotopic (exact) mass is 339 g/mol. The molecule has 0 atom stereocenters. The Kier molecular flexibility index (Phi) is 4.39. The topological polar surface area (TPSA) is 54.9 Å². The SMILES string of the molecule is O=C(NCc1ccccc1)c1nc(-c2ccccc2)nc2ccccc12. The summed E-state index contributed by atoms with van der Waals surface area (Å²) in [5.74, 6) is 0.346. The van der Waals surface area contributed by atoms with E-state index in [4.69, 9.17) is 0 Å². The summed E-state index contributed by atoms with van der Waals surface area (Å²) in [6, 6.07) is 27.1. The highest BCUT2D eigenvalue weighted by atomic mass is 16.1. The normalized spacial score (nSPS) is 10.6. The Bertz CT molecular complexity index is 1050. The van der Waals surface area contributed by atoms with E-state index in [0.717, 1.165) is 22.0 Å². The second-order valence-corrected chi connectivity index (χ2v) is 5.95. The summed E-state index contributed by atoms with van der Waals surface area (Å²) in [7, 11) is 0. The number of rotatable bonds is 4. The molecule has 1 N–H and O–H groups in total. The molecule has 0 aliphatic heterocycles. The highest BCUT2D eigenvalue weighted by Gasteiger charge is 2.15. The van der Waals surface area contributed by atoms with Gasteiger partial charge in [-0.3, -0.25) is 4.79 Å². The van der Waals surface area contributed by atoms with Crippen LogP contribution < -0.4 is 5.32 Å². The van der Waals surface area contributed by atoms with Crippen molar-refractivity contribution in [3.63, 3.8) is 0 Å². The van der Waals surface area contributed by atoms with Crippen LogP contribution in [0.3, 0.4) is 0 Å². The van der Waals surface area contributed by atoms with Gasteiger partial charge < -0.3 is 5.32 Å². The molecule has 0 spiro atoms. The van der Waals surface area contributed by atoms with E-state index in [0.29, 0.717) is 18.1 Å². The Morgan fingerprint density at radius 1 is 0.769 bits per heavy atom. The number of nitrogens with one attached hydrogen (secondary N) is 1.